The van der Waals surface area contributed by atoms with Gasteiger partial charge in [0.15, 0.2) is 0 Å². The molecule has 0 aliphatic rings. The average molecular weight is 707 g/mol. The van der Waals surface area contributed by atoms with Crippen LogP contribution in [0.1, 0.15) is 114 Å². The molecule has 49 heavy (non-hydrogen) atoms. The van der Waals surface area contributed by atoms with Crippen molar-refractivity contribution in [1.29, 1.82) is 0 Å². The van der Waals surface area contributed by atoms with Crippen molar-refractivity contribution in [3.8, 4) is 12.3 Å². The first-order valence-corrected chi connectivity index (χ1v) is 18.3. The number of terminal acetylenes is 1. The highest BCUT2D eigenvalue weighted by molar-refractivity contribution is 6.31. The van der Waals surface area contributed by atoms with Crippen LogP contribution in [0.15, 0.2) is 72.9 Å². The van der Waals surface area contributed by atoms with Crippen molar-refractivity contribution >= 4 is 28.7 Å². The number of allylic oxidation sites excluding steroid dienone is 3. The largest absolute Gasteiger partial charge is 0.400 e. The van der Waals surface area contributed by atoms with E-state index in [9.17, 15) is 0 Å². The monoisotopic (exact) mass is 706 g/mol. The molecule has 1 rings (SSSR count). The predicted octanol–water partition coefficient (Wildman–Crippen LogP) is 11.7. The minimum atomic E-state index is 0.196. The van der Waals surface area contributed by atoms with E-state index in [1.54, 1.807) is 20.0 Å². The van der Waals surface area contributed by atoms with Gasteiger partial charge in [0.05, 0.1) is 11.4 Å². The quantitative estimate of drug-likeness (QED) is 0.0561. The number of hydrogen-bond acceptors (Lipinski definition) is 6. The summed E-state index contributed by atoms with van der Waals surface area (Å²) in [4.78, 5) is 6.28. The molecule has 7 heteroatoms. The van der Waals surface area contributed by atoms with Gasteiger partial charge >= 0.3 is 0 Å². The van der Waals surface area contributed by atoms with E-state index in [2.05, 4.69) is 92.5 Å². The summed E-state index contributed by atoms with van der Waals surface area (Å²) in [7, 11) is 4.67. The van der Waals surface area contributed by atoms with Crippen molar-refractivity contribution in [2.45, 2.75) is 120 Å². The molecular formula is C42H80ClN5O. The summed E-state index contributed by atoms with van der Waals surface area (Å²) < 4.78 is 0. The normalized spacial score (nSPS) is 10.0. The highest BCUT2D eigenvalue weighted by Crippen LogP contribution is 2.25. The Morgan fingerprint density at radius 1 is 1.08 bits per heavy atom. The Morgan fingerprint density at radius 2 is 1.61 bits per heavy atom. The Labute approximate surface area is 311 Å². The fraction of sp³-hybridized carbons (Fsp3) is 0.595. The van der Waals surface area contributed by atoms with Gasteiger partial charge in [-0.15, -0.1) is 25.5 Å². The van der Waals surface area contributed by atoms with Gasteiger partial charge in [0.2, 0.25) is 0 Å². The number of nitrogens with two attached hydrogens (primary N) is 1. The Bertz CT molecular complexity index is 949. The lowest BCUT2D eigenvalue weighted by molar-refractivity contribution is 0.318. The number of nitrogens with one attached hydrogen (secondary N) is 2. The lowest BCUT2D eigenvalue weighted by Crippen LogP contribution is -2.25. The zero-order chi connectivity index (χ0) is 39.5. The van der Waals surface area contributed by atoms with E-state index in [0.717, 1.165) is 68.1 Å². The topological polar surface area (TPSA) is 85.9 Å². The molecule has 1 aromatic carbocycles. The highest BCUT2D eigenvalue weighted by Gasteiger charge is 2.09. The van der Waals surface area contributed by atoms with Crippen molar-refractivity contribution < 1.29 is 5.11 Å². The van der Waals surface area contributed by atoms with Gasteiger partial charge in [0.25, 0.3) is 0 Å². The summed E-state index contributed by atoms with van der Waals surface area (Å²) >= 11 is 5.87. The maximum atomic E-state index is 7.00. The third-order valence-corrected chi connectivity index (χ3v) is 6.29. The predicted molar refractivity (Wildman–Crippen MR) is 231 cm³/mol. The number of anilines is 2. The maximum Gasteiger partial charge on any atom is 0.0588 e. The number of aliphatic hydroxyl groups is 1. The van der Waals surface area contributed by atoms with Crippen molar-refractivity contribution in [2.24, 2.45) is 16.6 Å². The minimum Gasteiger partial charge on any atom is -0.400 e. The van der Waals surface area contributed by atoms with Gasteiger partial charge in [0, 0.05) is 63.3 Å². The zero-order valence-electron chi connectivity index (χ0n) is 34.3. The van der Waals surface area contributed by atoms with E-state index in [1.165, 1.54) is 31.4 Å². The number of benzene rings is 1. The summed E-state index contributed by atoms with van der Waals surface area (Å²) in [6.07, 6.45) is 20.7. The molecule has 0 radical (unpaired) electrons. The maximum absolute atomic E-state index is 7.00. The van der Waals surface area contributed by atoms with Gasteiger partial charge in [-0.1, -0.05) is 96.9 Å². The molecule has 6 nitrogen and oxygen atoms in total. The van der Waals surface area contributed by atoms with E-state index in [-0.39, 0.29) is 6.04 Å². The van der Waals surface area contributed by atoms with Crippen molar-refractivity contribution in [2.75, 3.05) is 51.5 Å². The fourth-order valence-corrected chi connectivity index (χ4v) is 3.65. The number of unbranched alkanes of at least 4 members (excludes halogenated alkanes) is 2. The molecule has 0 heterocycles. The average Bonchev–Trinajstić information content (AvgIpc) is 3.10. The van der Waals surface area contributed by atoms with Crippen molar-refractivity contribution in [1.82, 2.24) is 4.90 Å². The third kappa shape index (κ3) is 47.2. The second-order valence-electron chi connectivity index (χ2n) is 10.7. The summed E-state index contributed by atoms with van der Waals surface area (Å²) in [6, 6.07) is 5.94. The van der Waals surface area contributed by atoms with Gasteiger partial charge in [-0.3, -0.25) is 4.99 Å². The second-order valence-corrected chi connectivity index (χ2v) is 11.1. The number of aliphatic imine (C=N–C) groups is 1. The van der Waals surface area contributed by atoms with Gasteiger partial charge in [-0.2, -0.15) is 0 Å². The number of nitrogens with zero attached hydrogens (tertiary/aromatic N) is 2. The molecule has 2 atom stereocenters. The molecule has 0 aliphatic carbocycles. The van der Waals surface area contributed by atoms with E-state index >= 15 is 0 Å². The standard InChI is InChI=1S/C18H36N2.C11H15ClN2.C4H9N.C3H6.C3H4.C2H6.CH4O/c1-6-9-10-14-20(13-7-2)17(5)15-16(4)11-12-18(19)8-3;1-3-4-7-14-10-6-5-9(12)8-11(10)13-2;1-4(2)5-3;2*1-3-2;2*1-2/h11-12,16,18H,5-10,13-15,19H2,1-4H3;3,5-6,8,13-14H,1,4,7H2,2H3;1-3H3;3H,1H2,2H3;1H,2H3;1-2H3;2H,1H3/b12-11+;;;;;;. The molecule has 286 valence electrons. The van der Waals surface area contributed by atoms with Gasteiger partial charge < -0.3 is 26.4 Å². The smallest absolute Gasteiger partial charge is 0.0588 e. The second kappa shape index (κ2) is 49.4. The zero-order valence-corrected chi connectivity index (χ0v) is 35.0. The lowest BCUT2D eigenvalue weighted by atomic mass is 10.0. The number of aliphatic hydroxyl groups excluding tert-OH is 1. The first-order valence-electron chi connectivity index (χ1n) is 17.9. The Kier molecular flexibility index (Phi) is 58.7. The summed E-state index contributed by atoms with van der Waals surface area (Å²) in [6.45, 7) is 34.9. The Balaban J connectivity index is -0.000000137. The number of halogens is 1. The molecule has 5 N–H and O–H groups in total. The Morgan fingerprint density at radius 3 is 2.02 bits per heavy atom. The van der Waals surface area contributed by atoms with Crippen LogP contribution in [0.5, 0.6) is 0 Å². The van der Waals surface area contributed by atoms with Gasteiger partial charge in [0.1, 0.15) is 0 Å². The lowest BCUT2D eigenvalue weighted by Gasteiger charge is -2.27. The van der Waals surface area contributed by atoms with Crippen molar-refractivity contribution in [3.63, 3.8) is 0 Å². The molecule has 0 fully saturated rings. The van der Waals surface area contributed by atoms with E-state index in [4.69, 9.17) is 22.4 Å². The molecule has 0 spiro atoms. The Hall–Kier alpha value is -2.98. The van der Waals surface area contributed by atoms with Crippen LogP contribution in [0.25, 0.3) is 0 Å². The summed E-state index contributed by atoms with van der Waals surface area (Å²) in [5.74, 6) is 2.77. The molecule has 0 aliphatic heterocycles. The summed E-state index contributed by atoms with van der Waals surface area (Å²) in [5, 5.41) is 14.1. The molecule has 2 unspecified atom stereocenters. The van der Waals surface area contributed by atoms with Crippen LogP contribution in [-0.2, 0) is 0 Å². The van der Waals surface area contributed by atoms with Gasteiger partial charge in [-0.05, 0) is 83.9 Å². The molecule has 0 aromatic heterocycles. The number of rotatable bonds is 17. The third-order valence-electron chi connectivity index (χ3n) is 6.05. The SMILES string of the molecule is C#CC.C=C(CC(C)/C=C/C(N)CC)N(CCC)CCCCC.C=CC.C=CCCNc1ccc(Cl)cc1NC.CC.CN=C(C)C.CO. The van der Waals surface area contributed by atoms with E-state index in [1.807, 2.05) is 65.9 Å². The molecule has 0 amide bonds. The molecular weight excluding hydrogens is 626 g/mol. The van der Waals surface area contributed by atoms with Crippen LogP contribution in [0.4, 0.5) is 11.4 Å². The van der Waals surface area contributed by atoms with Gasteiger partial charge in [-0.25, -0.2) is 0 Å². The van der Waals surface area contributed by atoms with Crippen LogP contribution in [-0.4, -0.2) is 62.6 Å². The molecule has 0 bridgehead atoms. The van der Waals surface area contributed by atoms with Crippen molar-refractivity contribution in [3.05, 3.63) is 73.0 Å². The highest BCUT2D eigenvalue weighted by atomic mass is 35.5. The van der Waals surface area contributed by atoms with E-state index < -0.39 is 0 Å². The molecule has 0 saturated carbocycles. The van der Waals surface area contributed by atoms with Crippen LogP contribution in [0.3, 0.4) is 0 Å². The first-order chi connectivity index (χ1) is 23.4. The summed E-state index contributed by atoms with van der Waals surface area (Å²) in [5.41, 5.74) is 10.4. The van der Waals surface area contributed by atoms with E-state index in [0.29, 0.717) is 5.92 Å². The fourth-order valence-electron chi connectivity index (χ4n) is 3.47. The minimum absolute atomic E-state index is 0.196. The van der Waals surface area contributed by atoms with Crippen LogP contribution in [0.2, 0.25) is 5.02 Å². The number of hydrogen-bond donors (Lipinski definition) is 4. The van der Waals surface area contributed by atoms with Crippen LogP contribution in [0, 0.1) is 18.3 Å². The molecule has 0 saturated heterocycles. The molecule has 1 aromatic rings. The van der Waals surface area contributed by atoms with Crippen LogP contribution >= 0.6 is 11.6 Å². The first kappa shape index (κ1) is 58.2. The van der Waals surface area contributed by atoms with Crippen LogP contribution < -0.4 is 16.4 Å².